The van der Waals surface area contributed by atoms with Gasteiger partial charge in [-0.2, -0.15) is 0 Å². The summed E-state index contributed by atoms with van der Waals surface area (Å²) in [6, 6.07) is 1.55. The van der Waals surface area contributed by atoms with Crippen LogP contribution in [-0.2, 0) is 5.54 Å². The molecular formula is C13H18ClNO3. The number of rotatable bonds is 3. The molecule has 0 spiro atoms. The number of hydrogen-bond acceptors (Lipinski definition) is 4. The zero-order valence-electron chi connectivity index (χ0n) is 10.8. The number of benzene rings is 1. The van der Waals surface area contributed by atoms with Gasteiger partial charge in [0.05, 0.1) is 19.2 Å². The van der Waals surface area contributed by atoms with Crippen LogP contribution in [-0.4, -0.2) is 25.9 Å². The van der Waals surface area contributed by atoms with Gasteiger partial charge in [-0.1, -0.05) is 11.6 Å². The third-order valence-electron chi connectivity index (χ3n) is 3.51. The summed E-state index contributed by atoms with van der Waals surface area (Å²) in [6.07, 6.45) is 1.98. The van der Waals surface area contributed by atoms with Crippen LogP contribution in [0.2, 0.25) is 5.02 Å². The number of ether oxygens (including phenoxy) is 2. The van der Waals surface area contributed by atoms with Gasteiger partial charge in [0.2, 0.25) is 0 Å². The van der Waals surface area contributed by atoms with Gasteiger partial charge in [0.1, 0.15) is 5.75 Å². The number of hydrogen-bond donors (Lipinski definition) is 2. The van der Waals surface area contributed by atoms with Gasteiger partial charge in [-0.3, -0.25) is 0 Å². The SMILES string of the molecule is COc1cc(O)c(C2(C)CCCN2)c(Cl)c1OC. The van der Waals surface area contributed by atoms with E-state index in [9.17, 15) is 5.11 Å². The lowest BCUT2D eigenvalue weighted by Crippen LogP contribution is -2.33. The molecule has 0 amide bonds. The van der Waals surface area contributed by atoms with E-state index in [1.807, 2.05) is 6.92 Å². The van der Waals surface area contributed by atoms with E-state index in [2.05, 4.69) is 5.32 Å². The number of methoxy groups -OCH3 is 2. The Labute approximate surface area is 112 Å². The molecule has 1 aromatic carbocycles. The summed E-state index contributed by atoms with van der Waals surface area (Å²) in [5.74, 6) is 1.03. The van der Waals surface area contributed by atoms with Crippen molar-refractivity contribution in [1.29, 1.82) is 0 Å². The van der Waals surface area contributed by atoms with E-state index in [0.717, 1.165) is 19.4 Å². The lowest BCUT2D eigenvalue weighted by molar-refractivity contribution is 0.343. The van der Waals surface area contributed by atoms with Gasteiger partial charge in [-0.05, 0) is 26.3 Å². The predicted octanol–water partition coefficient (Wildman–Crippen LogP) is 2.66. The molecule has 1 atom stereocenters. The van der Waals surface area contributed by atoms with E-state index in [4.69, 9.17) is 21.1 Å². The fourth-order valence-electron chi connectivity index (χ4n) is 2.57. The van der Waals surface area contributed by atoms with Crippen molar-refractivity contribution >= 4 is 11.6 Å². The van der Waals surface area contributed by atoms with E-state index < -0.39 is 0 Å². The third-order valence-corrected chi connectivity index (χ3v) is 3.87. The lowest BCUT2D eigenvalue weighted by Gasteiger charge is -2.28. The van der Waals surface area contributed by atoms with E-state index in [0.29, 0.717) is 22.1 Å². The maximum absolute atomic E-state index is 10.2. The molecule has 18 heavy (non-hydrogen) atoms. The molecular weight excluding hydrogens is 254 g/mol. The molecule has 1 aromatic rings. The highest BCUT2D eigenvalue weighted by Crippen LogP contribution is 2.48. The van der Waals surface area contributed by atoms with Crippen molar-refractivity contribution in [3.8, 4) is 17.2 Å². The first-order chi connectivity index (χ1) is 8.53. The molecule has 4 nitrogen and oxygen atoms in total. The molecule has 100 valence electrons. The van der Waals surface area contributed by atoms with Crippen LogP contribution in [0.5, 0.6) is 17.2 Å². The summed E-state index contributed by atoms with van der Waals surface area (Å²) in [5.41, 5.74) is 0.361. The molecule has 0 saturated carbocycles. The van der Waals surface area contributed by atoms with Crippen LogP contribution in [0, 0.1) is 0 Å². The van der Waals surface area contributed by atoms with Crippen molar-refractivity contribution in [1.82, 2.24) is 5.32 Å². The van der Waals surface area contributed by atoms with Crippen molar-refractivity contribution < 1.29 is 14.6 Å². The molecule has 5 heteroatoms. The van der Waals surface area contributed by atoms with Gasteiger partial charge in [0, 0.05) is 17.2 Å². The highest BCUT2D eigenvalue weighted by Gasteiger charge is 2.36. The quantitative estimate of drug-likeness (QED) is 0.887. The minimum atomic E-state index is -0.319. The second-order valence-corrected chi connectivity index (χ2v) is 5.06. The van der Waals surface area contributed by atoms with Crippen LogP contribution in [0.25, 0.3) is 0 Å². The van der Waals surface area contributed by atoms with Crippen molar-refractivity contribution in [3.63, 3.8) is 0 Å². The summed E-state index contributed by atoms with van der Waals surface area (Å²) < 4.78 is 10.4. The summed E-state index contributed by atoms with van der Waals surface area (Å²) in [4.78, 5) is 0. The smallest absolute Gasteiger partial charge is 0.180 e. The van der Waals surface area contributed by atoms with E-state index in [1.165, 1.54) is 14.2 Å². The van der Waals surface area contributed by atoms with Crippen LogP contribution in [0.1, 0.15) is 25.3 Å². The maximum atomic E-state index is 10.2. The van der Waals surface area contributed by atoms with Gasteiger partial charge in [0.15, 0.2) is 11.5 Å². The second-order valence-electron chi connectivity index (χ2n) is 4.68. The van der Waals surface area contributed by atoms with Crippen LogP contribution >= 0.6 is 11.6 Å². The Balaban J connectivity index is 2.60. The van der Waals surface area contributed by atoms with Crippen LogP contribution in [0.4, 0.5) is 0 Å². The molecule has 1 aliphatic heterocycles. The highest BCUT2D eigenvalue weighted by atomic mass is 35.5. The fraction of sp³-hybridized carbons (Fsp3) is 0.538. The number of phenolic OH excluding ortho intramolecular Hbond substituents is 1. The van der Waals surface area contributed by atoms with E-state index >= 15 is 0 Å². The lowest BCUT2D eigenvalue weighted by atomic mass is 9.89. The number of nitrogens with one attached hydrogen (secondary N) is 1. The van der Waals surface area contributed by atoms with Crippen molar-refractivity contribution in [2.24, 2.45) is 0 Å². The summed E-state index contributed by atoms with van der Waals surface area (Å²) in [5, 5.41) is 14.0. The van der Waals surface area contributed by atoms with Gasteiger partial charge in [0.25, 0.3) is 0 Å². The standard InChI is InChI=1S/C13H18ClNO3/c1-13(5-4-6-15-13)10-8(16)7-9(17-2)12(18-3)11(10)14/h7,15-16H,4-6H2,1-3H3. The van der Waals surface area contributed by atoms with Crippen molar-refractivity contribution in [3.05, 3.63) is 16.7 Å². The van der Waals surface area contributed by atoms with Crippen LogP contribution in [0.15, 0.2) is 6.07 Å². The molecule has 2 rings (SSSR count). The first-order valence-electron chi connectivity index (χ1n) is 5.92. The minimum Gasteiger partial charge on any atom is -0.507 e. The van der Waals surface area contributed by atoms with Gasteiger partial charge >= 0.3 is 0 Å². The predicted molar refractivity (Wildman–Crippen MR) is 70.8 cm³/mol. The zero-order valence-corrected chi connectivity index (χ0v) is 11.6. The topological polar surface area (TPSA) is 50.7 Å². The fourth-order valence-corrected chi connectivity index (χ4v) is 3.05. The molecule has 0 radical (unpaired) electrons. The third kappa shape index (κ3) is 1.99. The molecule has 1 fully saturated rings. The Hall–Kier alpha value is -1.13. The molecule has 0 aliphatic carbocycles. The number of phenols is 1. The average molecular weight is 272 g/mol. The first-order valence-corrected chi connectivity index (χ1v) is 6.30. The highest BCUT2D eigenvalue weighted by molar-refractivity contribution is 6.33. The Kier molecular flexibility index (Phi) is 3.59. The molecule has 1 aliphatic rings. The molecule has 0 aromatic heterocycles. The largest absolute Gasteiger partial charge is 0.507 e. The average Bonchev–Trinajstić information content (AvgIpc) is 2.76. The van der Waals surface area contributed by atoms with Gasteiger partial charge in [-0.25, -0.2) is 0 Å². The molecule has 2 N–H and O–H groups in total. The summed E-state index contributed by atoms with van der Waals surface area (Å²) in [7, 11) is 3.05. The maximum Gasteiger partial charge on any atom is 0.180 e. The number of halogens is 1. The number of aromatic hydroxyl groups is 1. The molecule has 1 heterocycles. The first kappa shape index (κ1) is 13.3. The minimum absolute atomic E-state index is 0.134. The zero-order chi connectivity index (χ0) is 13.3. The molecule has 1 saturated heterocycles. The van der Waals surface area contributed by atoms with Crippen LogP contribution < -0.4 is 14.8 Å². The normalized spacial score (nSPS) is 23.1. The van der Waals surface area contributed by atoms with Gasteiger partial charge in [-0.15, -0.1) is 0 Å². The van der Waals surface area contributed by atoms with Crippen molar-refractivity contribution in [2.45, 2.75) is 25.3 Å². The summed E-state index contributed by atoms with van der Waals surface area (Å²) >= 11 is 6.36. The summed E-state index contributed by atoms with van der Waals surface area (Å²) in [6.45, 7) is 2.95. The van der Waals surface area contributed by atoms with E-state index in [1.54, 1.807) is 6.07 Å². The molecule has 0 bridgehead atoms. The van der Waals surface area contributed by atoms with E-state index in [-0.39, 0.29) is 11.3 Å². The van der Waals surface area contributed by atoms with Gasteiger partial charge < -0.3 is 19.9 Å². The van der Waals surface area contributed by atoms with Crippen LogP contribution in [0.3, 0.4) is 0 Å². The Morgan fingerprint density at radius 3 is 2.61 bits per heavy atom. The Morgan fingerprint density at radius 1 is 1.39 bits per heavy atom. The molecule has 1 unspecified atom stereocenters. The Morgan fingerprint density at radius 2 is 2.11 bits per heavy atom. The second kappa shape index (κ2) is 4.86. The van der Waals surface area contributed by atoms with Crippen molar-refractivity contribution in [2.75, 3.05) is 20.8 Å². The Bertz CT molecular complexity index is 456. The monoisotopic (exact) mass is 271 g/mol.